The van der Waals surface area contributed by atoms with Gasteiger partial charge in [-0.15, -0.1) is 0 Å². The molecule has 0 heterocycles. The normalized spacial score (nSPS) is 9.95. The highest BCUT2D eigenvalue weighted by Crippen LogP contribution is 2.27. The van der Waals surface area contributed by atoms with E-state index in [1.165, 1.54) is 18.2 Å². The fourth-order valence-corrected chi connectivity index (χ4v) is 1.69. The summed E-state index contributed by atoms with van der Waals surface area (Å²) in [5, 5.41) is 9.05. The molecule has 0 spiro atoms. The van der Waals surface area contributed by atoms with Gasteiger partial charge in [0.2, 0.25) is 0 Å². The molecule has 0 aromatic heterocycles. The first-order valence-electron chi connectivity index (χ1n) is 5.46. The lowest BCUT2D eigenvalue weighted by atomic mass is 10.1. The largest absolute Gasteiger partial charge is 0.487 e. The topological polar surface area (TPSA) is 59.0 Å². The van der Waals surface area contributed by atoms with Gasteiger partial charge in [-0.05, 0) is 24.3 Å². The summed E-state index contributed by atoms with van der Waals surface area (Å²) in [5.74, 6) is -0.0931. The van der Waals surface area contributed by atoms with Crippen LogP contribution < -0.4 is 10.5 Å². The van der Waals surface area contributed by atoms with Crippen LogP contribution in [0.3, 0.4) is 0 Å². The Hall–Kier alpha value is -2.25. The van der Waals surface area contributed by atoms with Crippen LogP contribution in [-0.2, 0) is 6.61 Å². The second-order valence-corrected chi connectivity index (χ2v) is 4.30. The number of nitrogens with zero attached hydrogens (tertiary/aromatic N) is 1. The molecule has 0 fully saturated rings. The Balaban J connectivity index is 2.15. The zero-order valence-corrected chi connectivity index (χ0v) is 10.6. The average Bonchev–Trinajstić information content (AvgIpc) is 2.40. The van der Waals surface area contributed by atoms with Crippen LogP contribution in [0.5, 0.6) is 5.75 Å². The molecule has 0 aliphatic heterocycles. The molecule has 19 heavy (non-hydrogen) atoms. The lowest BCUT2D eigenvalue weighted by Gasteiger charge is -2.09. The predicted octanol–water partition coefficient (Wildman–Crippen LogP) is 3.51. The van der Waals surface area contributed by atoms with Crippen molar-refractivity contribution in [2.75, 3.05) is 5.73 Å². The van der Waals surface area contributed by atoms with Crippen LogP contribution in [0.15, 0.2) is 36.4 Å². The van der Waals surface area contributed by atoms with Crippen molar-refractivity contribution in [2.45, 2.75) is 6.61 Å². The van der Waals surface area contributed by atoms with Crippen molar-refractivity contribution in [2.24, 2.45) is 0 Å². The molecule has 0 aliphatic carbocycles. The van der Waals surface area contributed by atoms with E-state index in [1.807, 2.05) is 6.07 Å². The summed E-state index contributed by atoms with van der Waals surface area (Å²) in [6.07, 6.45) is 0. The predicted molar refractivity (Wildman–Crippen MR) is 71.3 cm³/mol. The molecule has 2 rings (SSSR count). The van der Waals surface area contributed by atoms with Crippen molar-refractivity contribution >= 4 is 17.3 Å². The smallest absolute Gasteiger partial charge is 0.140 e. The van der Waals surface area contributed by atoms with Crippen LogP contribution in [-0.4, -0.2) is 0 Å². The van der Waals surface area contributed by atoms with E-state index >= 15 is 0 Å². The van der Waals surface area contributed by atoms with E-state index < -0.39 is 5.82 Å². The maximum Gasteiger partial charge on any atom is 0.140 e. The lowest BCUT2D eigenvalue weighted by Crippen LogP contribution is -2.00. The average molecular weight is 277 g/mol. The minimum absolute atomic E-state index is 0.0146. The molecule has 0 saturated heterocycles. The molecule has 0 unspecified atom stereocenters. The van der Waals surface area contributed by atoms with Gasteiger partial charge in [-0.2, -0.15) is 5.26 Å². The van der Waals surface area contributed by atoms with Crippen molar-refractivity contribution in [3.63, 3.8) is 0 Å². The molecule has 0 amide bonds. The molecule has 2 aromatic rings. The molecule has 0 atom stereocenters. The van der Waals surface area contributed by atoms with E-state index in [0.29, 0.717) is 22.0 Å². The molecule has 2 aromatic carbocycles. The van der Waals surface area contributed by atoms with E-state index in [2.05, 4.69) is 0 Å². The first kappa shape index (κ1) is 13.2. The number of benzene rings is 2. The summed E-state index contributed by atoms with van der Waals surface area (Å²) in [5.41, 5.74) is 6.74. The molecule has 0 aliphatic rings. The van der Waals surface area contributed by atoms with Crippen molar-refractivity contribution in [3.8, 4) is 11.8 Å². The van der Waals surface area contributed by atoms with Crippen LogP contribution in [0.1, 0.15) is 11.1 Å². The van der Waals surface area contributed by atoms with Crippen molar-refractivity contribution < 1.29 is 9.13 Å². The third kappa shape index (κ3) is 3.15. The van der Waals surface area contributed by atoms with Gasteiger partial charge in [-0.3, -0.25) is 0 Å². The number of hydrogen-bond acceptors (Lipinski definition) is 3. The number of nitrogens with two attached hydrogens (primary N) is 1. The summed E-state index contributed by atoms with van der Waals surface area (Å²) in [7, 11) is 0. The first-order valence-corrected chi connectivity index (χ1v) is 5.84. The molecule has 3 nitrogen and oxygen atoms in total. The number of rotatable bonds is 3. The number of halogens is 2. The summed E-state index contributed by atoms with van der Waals surface area (Å²) >= 11 is 5.93. The summed E-state index contributed by atoms with van der Waals surface area (Å²) in [6.45, 7) is 0.0146. The summed E-state index contributed by atoms with van der Waals surface area (Å²) in [4.78, 5) is 0. The molecule has 2 N–H and O–H groups in total. The van der Waals surface area contributed by atoms with Crippen molar-refractivity contribution in [1.82, 2.24) is 0 Å². The third-order valence-electron chi connectivity index (χ3n) is 2.52. The van der Waals surface area contributed by atoms with Gasteiger partial charge in [-0.1, -0.05) is 17.7 Å². The Morgan fingerprint density at radius 2 is 2.05 bits per heavy atom. The van der Waals surface area contributed by atoms with E-state index in [9.17, 15) is 4.39 Å². The SMILES string of the molecule is N#Cc1ccc(COc2cc(N)ccc2Cl)c(F)c1. The molecular weight excluding hydrogens is 267 g/mol. The Kier molecular flexibility index (Phi) is 3.88. The Morgan fingerprint density at radius 3 is 2.74 bits per heavy atom. The van der Waals surface area contributed by atoms with Crippen molar-refractivity contribution in [1.29, 1.82) is 5.26 Å². The molecule has 96 valence electrons. The minimum atomic E-state index is -0.487. The maximum atomic E-state index is 13.6. The van der Waals surface area contributed by atoms with Crippen LogP contribution in [0, 0.1) is 17.1 Å². The number of ether oxygens (including phenoxy) is 1. The van der Waals surface area contributed by atoms with Crippen LogP contribution in [0.4, 0.5) is 10.1 Å². The highest BCUT2D eigenvalue weighted by Gasteiger charge is 2.07. The monoisotopic (exact) mass is 276 g/mol. The van der Waals surface area contributed by atoms with E-state index in [-0.39, 0.29) is 12.2 Å². The number of anilines is 1. The Bertz CT molecular complexity index is 652. The molecule has 0 saturated carbocycles. The summed E-state index contributed by atoms with van der Waals surface area (Å²) < 4.78 is 19.1. The Labute approximate surface area is 115 Å². The number of nitrogen functional groups attached to an aromatic ring is 1. The van der Waals surface area contributed by atoms with Gasteiger partial charge >= 0.3 is 0 Å². The van der Waals surface area contributed by atoms with Gasteiger partial charge in [0, 0.05) is 17.3 Å². The van der Waals surface area contributed by atoms with Crippen LogP contribution in [0.2, 0.25) is 5.02 Å². The molecule has 5 heteroatoms. The zero-order chi connectivity index (χ0) is 13.8. The molecule has 0 bridgehead atoms. The second kappa shape index (κ2) is 5.59. The maximum absolute atomic E-state index is 13.6. The minimum Gasteiger partial charge on any atom is -0.487 e. The van der Waals surface area contributed by atoms with Gasteiger partial charge in [0.05, 0.1) is 16.7 Å². The molecule has 0 radical (unpaired) electrons. The van der Waals surface area contributed by atoms with Gasteiger partial charge in [0.15, 0.2) is 0 Å². The van der Waals surface area contributed by atoms with Crippen LogP contribution in [0.25, 0.3) is 0 Å². The fourth-order valence-electron chi connectivity index (χ4n) is 1.52. The van der Waals surface area contributed by atoms with E-state index in [4.69, 9.17) is 27.3 Å². The number of hydrogen-bond donors (Lipinski definition) is 1. The van der Waals surface area contributed by atoms with Gasteiger partial charge in [0.25, 0.3) is 0 Å². The van der Waals surface area contributed by atoms with E-state index in [1.54, 1.807) is 18.2 Å². The van der Waals surface area contributed by atoms with Crippen molar-refractivity contribution in [3.05, 3.63) is 58.4 Å². The fraction of sp³-hybridized carbons (Fsp3) is 0.0714. The van der Waals surface area contributed by atoms with Gasteiger partial charge in [0.1, 0.15) is 18.2 Å². The lowest BCUT2D eigenvalue weighted by molar-refractivity contribution is 0.300. The molecular formula is C14H10ClFN2O. The number of nitriles is 1. The highest BCUT2D eigenvalue weighted by molar-refractivity contribution is 6.32. The van der Waals surface area contributed by atoms with Crippen LogP contribution >= 0.6 is 11.6 Å². The van der Waals surface area contributed by atoms with Gasteiger partial charge < -0.3 is 10.5 Å². The Morgan fingerprint density at radius 1 is 1.26 bits per heavy atom. The van der Waals surface area contributed by atoms with Gasteiger partial charge in [-0.25, -0.2) is 4.39 Å². The highest BCUT2D eigenvalue weighted by atomic mass is 35.5. The third-order valence-corrected chi connectivity index (χ3v) is 2.83. The van der Waals surface area contributed by atoms with E-state index in [0.717, 1.165) is 0 Å². The zero-order valence-electron chi connectivity index (χ0n) is 9.86. The first-order chi connectivity index (χ1) is 9.10. The second-order valence-electron chi connectivity index (χ2n) is 3.90. The quantitative estimate of drug-likeness (QED) is 0.873. The standard InChI is InChI=1S/C14H10ClFN2O/c15-12-4-3-11(18)6-14(12)19-8-10-2-1-9(7-17)5-13(10)16/h1-6H,8,18H2. The summed E-state index contributed by atoms with van der Waals surface area (Å²) in [6, 6.07) is 10.9.